The third kappa shape index (κ3) is 4.20. The number of guanidine groups is 1. The van der Waals surface area contributed by atoms with Gasteiger partial charge >= 0.3 is 0 Å². The van der Waals surface area contributed by atoms with Crippen LogP contribution in [-0.4, -0.2) is 36.0 Å². The first-order chi connectivity index (χ1) is 9.19. The molecular weight excluding hydrogens is 256 g/mol. The summed E-state index contributed by atoms with van der Waals surface area (Å²) in [5.74, 6) is 2.62. The Kier molecular flexibility index (Phi) is 5.19. The summed E-state index contributed by atoms with van der Waals surface area (Å²) >= 11 is 1.68. The molecule has 0 bridgehead atoms. The van der Waals surface area contributed by atoms with Crippen molar-refractivity contribution in [1.29, 1.82) is 0 Å². The Morgan fingerprint density at radius 3 is 3.11 bits per heavy atom. The molecule has 1 aliphatic heterocycles. The largest absolute Gasteiger partial charge is 0.350 e. The lowest BCUT2D eigenvalue weighted by Gasteiger charge is -2.21. The maximum atomic E-state index is 4.39. The molecule has 1 atom stereocenters. The molecule has 0 amide bonds. The van der Waals surface area contributed by atoms with Crippen LogP contribution in [-0.2, 0) is 6.54 Å². The summed E-state index contributed by atoms with van der Waals surface area (Å²) in [6.07, 6.45) is 4.45. The third-order valence-electron chi connectivity index (χ3n) is 3.48. The smallest absolute Gasteiger partial charge is 0.194 e. The van der Waals surface area contributed by atoms with Crippen LogP contribution in [0.3, 0.4) is 0 Å². The lowest BCUT2D eigenvalue weighted by atomic mass is 9.97. The molecule has 19 heavy (non-hydrogen) atoms. The van der Waals surface area contributed by atoms with Crippen LogP contribution in [0.1, 0.15) is 31.7 Å². The number of nitrogens with one attached hydrogen (secondary N) is 1. The van der Waals surface area contributed by atoms with Crippen LogP contribution < -0.4 is 5.32 Å². The highest BCUT2D eigenvalue weighted by Crippen LogP contribution is 2.23. The van der Waals surface area contributed by atoms with Crippen LogP contribution in [0.4, 0.5) is 0 Å². The Morgan fingerprint density at radius 2 is 2.47 bits per heavy atom. The first kappa shape index (κ1) is 14.3. The van der Waals surface area contributed by atoms with Crippen molar-refractivity contribution in [2.75, 3.05) is 20.1 Å². The summed E-state index contributed by atoms with van der Waals surface area (Å²) in [4.78, 5) is 11.1. The molecule has 0 spiro atoms. The predicted octanol–water partition coefficient (Wildman–Crippen LogP) is 2.59. The Balaban J connectivity index is 1.82. The number of likely N-dealkylation sites (tertiary alicyclic amines) is 1. The number of aliphatic imine (C=N–C) groups is 1. The van der Waals surface area contributed by atoms with Crippen LogP contribution in [0.15, 0.2) is 16.6 Å². The Hall–Kier alpha value is -1.10. The van der Waals surface area contributed by atoms with Gasteiger partial charge < -0.3 is 10.2 Å². The SMILES string of the molecule is CN=C(NCc1nccs1)N1CCC(CC(C)C)C1. The number of aromatic nitrogens is 1. The molecule has 5 heteroatoms. The molecule has 4 nitrogen and oxygen atoms in total. The van der Waals surface area contributed by atoms with E-state index in [1.807, 2.05) is 18.6 Å². The van der Waals surface area contributed by atoms with E-state index in [0.717, 1.165) is 42.4 Å². The lowest BCUT2D eigenvalue weighted by molar-refractivity contribution is 0.403. The van der Waals surface area contributed by atoms with E-state index in [-0.39, 0.29) is 0 Å². The zero-order valence-corrected chi connectivity index (χ0v) is 12.9. The van der Waals surface area contributed by atoms with Crippen molar-refractivity contribution >= 4 is 17.3 Å². The van der Waals surface area contributed by atoms with Crippen molar-refractivity contribution in [2.45, 2.75) is 33.2 Å². The topological polar surface area (TPSA) is 40.5 Å². The molecule has 106 valence electrons. The number of thiazole rings is 1. The molecular formula is C14H24N4S. The summed E-state index contributed by atoms with van der Waals surface area (Å²) < 4.78 is 0. The molecule has 1 aliphatic rings. The fraction of sp³-hybridized carbons (Fsp3) is 0.714. The van der Waals surface area contributed by atoms with E-state index in [1.54, 1.807) is 11.3 Å². The molecule has 1 unspecified atom stereocenters. The highest BCUT2D eigenvalue weighted by molar-refractivity contribution is 7.09. The van der Waals surface area contributed by atoms with Gasteiger partial charge in [-0.05, 0) is 24.7 Å². The fourth-order valence-corrected chi connectivity index (χ4v) is 3.27. The van der Waals surface area contributed by atoms with Gasteiger partial charge in [0.1, 0.15) is 5.01 Å². The molecule has 1 aromatic heterocycles. The summed E-state index contributed by atoms with van der Waals surface area (Å²) in [5, 5.41) is 6.53. The van der Waals surface area contributed by atoms with Crippen LogP contribution in [0.25, 0.3) is 0 Å². The minimum Gasteiger partial charge on any atom is -0.350 e. The molecule has 1 N–H and O–H groups in total. The van der Waals surface area contributed by atoms with Gasteiger partial charge in [0.05, 0.1) is 6.54 Å². The number of nitrogens with zero attached hydrogens (tertiary/aromatic N) is 3. The van der Waals surface area contributed by atoms with Gasteiger partial charge in [-0.15, -0.1) is 11.3 Å². The van der Waals surface area contributed by atoms with E-state index in [1.165, 1.54) is 12.8 Å². The van der Waals surface area contributed by atoms with E-state index >= 15 is 0 Å². The Labute approximate surface area is 120 Å². The molecule has 2 rings (SSSR count). The predicted molar refractivity (Wildman–Crippen MR) is 81.4 cm³/mol. The average Bonchev–Trinajstić information content (AvgIpc) is 3.01. The van der Waals surface area contributed by atoms with E-state index in [4.69, 9.17) is 0 Å². The lowest BCUT2D eigenvalue weighted by Crippen LogP contribution is -2.39. The van der Waals surface area contributed by atoms with Gasteiger partial charge in [0.15, 0.2) is 5.96 Å². The monoisotopic (exact) mass is 280 g/mol. The van der Waals surface area contributed by atoms with Gasteiger partial charge in [0.25, 0.3) is 0 Å². The van der Waals surface area contributed by atoms with E-state index in [2.05, 4.69) is 34.0 Å². The van der Waals surface area contributed by atoms with Gasteiger partial charge in [0.2, 0.25) is 0 Å². The van der Waals surface area contributed by atoms with Crippen molar-refractivity contribution in [2.24, 2.45) is 16.8 Å². The Morgan fingerprint density at radius 1 is 1.63 bits per heavy atom. The molecule has 0 aliphatic carbocycles. The maximum Gasteiger partial charge on any atom is 0.194 e. The van der Waals surface area contributed by atoms with Crippen molar-refractivity contribution < 1.29 is 0 Å². The van der Waals surface area contributed by atoms with Crippen LogP contribution in [0, 0.1) is 11.8 Å². The van der Waals surface area contributed by atoms with Crippen molar-refractivity contribution in [3.63, 3.8) is 0 Å². The van der Waals surface area contributed by atoms with Crippen LogP contribution >= 0.6 is 11.3 Å². The summed E-state index contributed by atoms with van der Waals surface area (Å²) in [6, 6.07) is 0. The first-order valence-electron chi connectivity index (χ1n) is 7.03. The summed E-state index contributed by atoms with van der Waals surface area (Å²) in [5.41, 5.74) is 0. The molecule has 0 aromatic carbocycles. The molecule has 1 aromatic rings. The van der Waals surface area contributed by atoms with Gasteiger partial charge in [0, 0.05) is 31.7 Å². The van der Waals surface area contributed by atoms with Crippen molar-refractivity contribution in [3.05, 3.63) is 16.6 Å². The molecule has 1 fully saturated rings. The standard InChI is InChI=1S/C14H24N4S/c1-11(2)8-12-4-6-18(10-12)14(15-3)17-9-13-16-5-7-19-13/h5,7,11-12H,4,6,8-10H2,1-3H3,(H,15,17). The maximum absolute atomic E-state index is 4.39. The fourth-order valence-electron chi connectivity index (χ4n) is 2.71. The number of rotatable bonds is 4. The van der Waals surface area contributed by atoms with Gasteiger partial charge in [-0.1, -0.05) is 13.8 Å². The first-order valence-corrected chi connectivity index (χ1v) is 7.91. The second-order valence-electron chi connectivity index (χ2n) is 5.56. The zero-order valence-electron chi connectivity index (χ0n) is 12.1. The highest BCUT2D eigenvalue weighted by atomic mass is 32.1. The van der Waals surface area contributed by atoms with E-state index in [9.17, 15) is 0 Å². The minimum atomic E-state index is 0.773. The summed E-state index contributed by atoms with van der Waals surface area (Å²) in [7, 11) is 1.86. The highest BCUT2D eigenvalue weighted by Gasteiger charge is 2.25. The molecule has 1 saturated heterocycles. The average molecular weight is 280 g/mol. The molecule has 0 radical (unpaired) electrons. The van der Waals surface area contributed by atoms with Crippen LogP contribution in [0.2, 0.25) is 0 Å². The molecule has 0 saturated carbocycles. The summed E-state index contributed by atoms with van der Waals surface area (Å²) in [6.45, 7) is 7.64. The minimum absolute atomic E-state index is 0.773. The third-order valence-corrected chi connectivity index (χ3v) is 4.26. The van der Waals surface area contributed by atoms with Crippen molar-refractivity contribution in [3.8, 4) is 0 Å². The van der Waals surface area contributed by atoms with Gasteiger partial charge in [-0.2, -0.15) is 0 Å². The van der Waals surface area contributed by atoms with Crippen LogP contribution in [0.5, 0.6) is 0 Å². The number of hydrogen-bond acceptors (Lipinski definition) is 3. The van der Waals surface area contributed by atoms with E-state index < -0.39 is 0 Å². The normalized spacial score (nSPS) is 20.3. The molecule has 2 heterocycles. The zero-order chi connectivity index (χ0) is 13.7. The van der Waals surface area contributed by atoms with Gasteiger partial charge in [-0.25, -0.2) is 4.98 Å². The second kappa shape index (κ2) is 6.89. The van der Waals surface area contributed by atoms with Crippen molar-refractivity contribution in [1.82, 2.24) is 15.2 Å². The quantitative estimate of drug-likeness (QED) is 0.681. The second-order valence-corrected chi connectivity index (χ2v) is 6.54. The van der Waals surface area contributed by atoms with E-state index in [0.29, 0.717) is 0 Å². The van der Waals surface area contributed by atoms with Gasteiger partial charge in [-0.3, -0.25) is 4.99 Å². The number of hydrogen-bond donors (Lipinski definition) is 1. The Bertz CT molecular complexity index is 400.